The second-order valence-electron chi connectivity index (χ2n) is 7.89. The molecule has 1 saturated heterocycles. The molecular formula is C22H24ClF3N6O. The summed E-state index contributed by atoms with van der Waals surface area (Å²) in [5.74, 6) is -0.632. The topological polar surface area (TPSA) is 89.2 Å². The Hall–Kier alpha value is -2.69. The Morgan fingerprint density at radius 3 is 2.70 bits per heavy atom. The summed E-state index contributed by atoms with van der Waals surface area (Å²) in [6, 6.07) is 7.20. The van der Waals surface area contributed by atoms with E-state index in [9.17, 15) is 13.2 Å². The number of nitrogen functional groups attached to an aromatic ring is 1. The molecule has 4 rings (SSSR count). The van der Waals surface area contributed by atoms with E-state index in [4.69, 9.17) is 27.1 Å². The number of pyridine rings is 1. The molecule has 3 heterocycles. The van der Waals surface area contributed by atoms with Crippen molar-refractivity contribution in [3.63, 3.8) is 0 Å². The predicted molar refractivity (Wildman–Crippen MR) is 121 cm³/mol. The number of halogens is 4. The van der Waals surface area contributed by atoms with Crippen LogP contribution in [0.4, 0.5) is 24.9 Å². The SMILES string of the molecule is CC(Nc1ncc(C(F)(F)F)c(N)n1)c1cc2cccc(Cl)c2c(CCN2CCOCC2)n1. The van der Waals surface area contributed by atoms with Crippen LogP contribution in [-0.4, -0.2) is 52.7 Å². The molecule has 1 atom stereocenters. The third-order valence-electron chi connectivity index (χ3n) is 5.58. The van der Waals surface area contributed by atoms with E-state index in [1.807, 2.05) is 31.2 Å². The maximum absolute atomic E-state index is 12.9. The molecule has 1 fully saturated rings. The molecule has 0 aliphatic carbocycles. The number of nitrogens with two attached hydrogens (primary N) is 1. The summed E-state index contributed by atoms with van der Waals surface area (Å²) in [5.41, 5.74) is 5.99. The first kappa shape index (κ1) is 23.5. The summed E-state index contributed by atoms with van der Waals surface area (Å²) >= 11 is 6.50. The zero-order valence-corrected chi connectivity index (χ0v) is 18.7. The van der Waals surface area contributed by atoms with Crippen LogP contribution in [0.1, 0.15) is 29.9 Å². The average Bonchev–Trinajstić information content (AvgIpc) is 2.77. The van der Waals surface area contributed by atoms with E-state index in [0.717, 1.165) is 36.1 Å². The van der Waals surface area contributed by atoms with Gasteiger partial charge < -0.3 is 15.8 Å². The van der Waals surface area contributed by atoms with Crippen LogP contribution in [0, 0.1) is 0 Å². The molecule has 176 valence electrons. The fourth-order valence-electron chi connectivity index (χ4n) is 3.81. The van der Waals surface area contributed by atoms with E-state index in [2.05, 4.69) is 20.2 Å². The summed E-state index contributed by atoms with van der Waals surface area (Å²) < 4.78 is 44.2. The molecule has 0 amide bonds. The molecule has 0 saturated carbocycles. The van der Waals surface area contributed by atoms with Crippen molar-refractivity contribution < 1.29 is 17.9 Å². The summed E-state index contributed by atoms with van der Waals surface area (Å²) in [5, 5.41) is 5.46. The number of anilines is 2. The fourth-order valence-corrected chi connectivity index (χ4v) is 4.10. The Kier molecular flexibility index (Phi) is 6.87. The van der Waals surface area contributed by atoms with Crippen LogP contribution in [0.3, 0.4) is 0 Å². The summed E-state index contributed by atoms with van der Waals surface area (Å²) in [4.78, 5) is 14.7. The summed E-state index contributed by atoms with van der Waals surface area (Å²) in [6.07, 6.45) is -3.23. The molecule has 1 aliphatic heterocycles. The number of hydrogen-bond acceptors (Lipinski definition) is 7. The smallest absolute Gasteiger partial charge is 0.383 e. The van der Waals surface area contributed by atoms with E-state index in [0.29, 0.717) is 36.5 Å². The van der Waals surface area contributed by atoms with Crippen molar-refractivity contribution in [2.75, 3.05) is 43.9 Å². The molecule has 11 heteroatoms. The fraction of sp³-hybridized carbons (Fsp3) is 0.409. The molecule has 3 N–H and O–H groups in total. The van der Waals surface area contributed by atoms with Crippen molar-refractivity contribution in [3.05, 3.63) is 52.4 Å². The van der Waals surface area contributed by atoms with Gasteiger partial charge in [0.15, 0.2) is 0 Å². The van der Waals surface area contributed by atoms with E-state index < -0.39 is 17.6 Å². The highest BCUT2D eigenvalue weighted by Gasteiger charge is 2.34. The van der Waals surface area contributed by atoms with Gasteiger partial charge in [0.25, 0.3) is 0 Å². The first-order valence-electron chi connectivity index (χ1n) is 10.6. The minimum atomic E-state index is -4.61. The Labute approximate surface area is 194 Å². The van der Waals surface area contributed by atoms with Crippen molar-refractivity contribution in [1.82, 2.24) is 19.9 Å². The number of morpholine rings is 1. The van der Waals surface area contributed by atoms with Crippen LogP contribution in [0.5, 0.6) is 0 Å². The minimum absolute atomic E-state index is 0.00384. The van der Waals surface area contributed by atoms with E-state index >= 15 is 0 Å². The number of rotatable bonds is 6. The zero-order valence-electron chi connectivity index (χ0n) is 18.0. The van der Waals surface area contributed by atoms with Gasteiger partial charge in [0.2, 0.25) is 5.95 Å². The number of aromatic nitrogens is 3. The molecular weight excluding hydrogens is 457 g/mol. The third kappa shape index (κ3) is 5.45. The van der Waals surface area contributed by atoms with Crippen LogP contribution in [-0.2, 0) is 17.3 Å². The van der Waals surface area contributed by atoms with Crippen molar-refractivity contribution in [2.45, 2.75) is 25.6 Å². The molecule has 0 bridgehead atoms. The maximum atomic E-state index is 12.9. The van der Waals surface area contributed by atoms with E-state index in [-0.39, 0.29) is 12.0 Å². The van der Waals surface area contributed by atoms with Gasteiger partial charge >= 0.3 is 6.18 Å². The second kappa shape index (κ2) is 9.66. The van der Waals surface area contributed by atoms with Crippen LogP contribution in [0.15, 0.2) is 30.5 Å². The van der Waals surface area contributed by atoms with Gasteiger partial charge in [0.1, 0.15) is 11.4 Å². The Morgan fingerprint density at radius 1 is 1.24 bits per heavy atom. The van der Waals surface area contributed by atoms with Gasteiger partial charge in [-0.1, -0.05) is 23.7 Å². The average molecular weight is 481 g/mol. The highest BCUT2D eigenvalue weighted by Crippen LogP contribution is 2.33. The van der Waals surface area contributed by atoms with Gasteiger partial charge in [-0.15, -0.1) is 0 Å². The molecule has 1 unspecified atom stereocenters. The first-order valence-corrected chi connectivity index (χ1v) is 10.9. The van der Waals surface area contributed by atoms with Gasteiger partial charge in [-0.25, -0.2) is 4.98 Å². The van der Waals surface area contributed by atoms with Gasteiger partial charge in [-0.3, -0.25) is 9.88 Å². The van der Waals surface area contributed by atoms with Crippen LogP contribution in [0.25, 0.3) is 10.8 Å². The number of hydrogen-bond donors (Lipinski definition) is 2. The third-order valence-corrected chi connectivity index (χ3v) is 5.90. The normalized spacial score (nSPS) is 16.2. The lowest BCUT2D eigenvalue weighted by Gasteiger charge is -2.26. The highest BCUT2D eigenvalue weighted by molar-refractivity contribution is 6.35. The monoisotopic (exact) mass is 480 g/mol. The molecule has 1 aromatic carbocycles. The lowest BCUT2D eigenvalue weighted by Crippen LogP contribution is -2.37. The van der Waals surface area contributed by atoms with Crippen molar-refractivity contribution in [2.24, 2.45) is 0 Å². The molecule has 1 aliphatic rings. The van der Waals surface area contributed by atoms with E-state index in [1.165, 1.54) is 0 Å². The van der Waals surface area contributed by atoms with Gasteiger partial charge in [0.05, 0.1) is 35.7 Å². The number of benzene rings is 1. The number of fused-ring (bicyclic) bond motifs is 1. The number of nitrogens with one attached hydrogen (secondary N) is 1. The quantitative estimate of drug-likeness (QED) is 0.543. The molecule has 0 spiro atoms. The molecule has 2 aromatic heterocycles. The molecule has 0 radical (unpaired) electrons. The predicted octanol–water partition coefficient (Wildman–Crippen LogP) is 4.33. The summed E-state index contributed by atoms with van der Waals surface area (Å²) in [7, 11) is 0. The largest absolute Gasteiger partial charge is 0.421 e. The highest BCUT2D eigenvalue weighted by atomic mass is 35.5. The van der Waals surface area contributed by atoms with E-state index in [1.54, 1.807) is 0 Å². The lowest BCUT2D eigenvalue weighted by molar-refractivity contribution is -0.137. The van der Waals surface area contributed by atoms with Crippen molar-refractivity contribution in [3.8, 4) is 0 Å². The Morgan fingerprint density at radius 2 is 2.00 bits per heavy atom. The van der Waals surface area contributed by atoms with Crippen molar-refractivity contribution in [1.29, 1.82) is 0 Å². The Bertz CT molecular complexity index is 1140. The van der Waals surface area contributed by atoms with Crippen molar-refractivity contribution >= 4 is 34.1 Å². The minimum Gasteiger partial charge on any atom is -0.383 e. The van der Waals surface area contributed by atoms with Crippen LogP contribution in [0.2, 0.25) is 5.02 Å². The first-order chi connectivity index (χ1) is 15.7. The molecule has 7 nitrogen and oxygen atoms in total. The Balaban J connectivity index is 1.59. The van der Waals surface area contributed by atoms with Gasteiger partial charge in [0, 0.05) is 37.6 Å². The standard InChI is InChI=1S/C22H24ClF3N6O/c1-13(29-21-28-12-15(20(27)31-21)22(24,25)26)18-11-14-3-2-4-16(23)19(14)17(30-18)5-6-32-7-9-33-10-8-32/h2-4,11-13H,5-10H2,1H3,(H3,27,28,29,31). The molecule has 33 heavy (non-hydrogen) atoms. The number of alkyl halides is 3. The van der Waals surface area contributed by atoms with Crippen LogP contribution < -0.4 is 11.1 Å². The number of nitrogens with zero attached hydrogens (tertiary/aromatic N) is 4. The summed E-state index contributed by atoms with van der Waals surface area (Å²) in [6.45, 7) is 5.83. The lowest BCUT2D eigenvalue weighted by atomic mass is 10.0. The van der Waals surface area contributed by atoms with Crippen LogP contribution >= 0.6 is 11.6 Å². The molecule has 3 aromatic rings. The number of ether oxygens (including phenoxy) is 1. The second-order valence-corrected chi connectivity index (χ2v) is 8.30. The maximum Gasteiger partial charge on any atom is 0.421 e. The van der Waals surface area contributed by atoms with Gasteiger partial charge in [-0.2, -0.15) is 18.2 Å². The zero-order chi connectivity index (χ0) is 23.6. The van der Waals surface area contributed by atoms with Gasteiger partial charge in [-0.05, 0) is 24.4 Å².